The van der Waals surface area contributed by atoms with Crippen LogP contribution < -0.4 is 4.90 Å². The van der Waals surface area contributed by atoms with Crippen LogP contribution in [0.3, 0.4) is 0 Å². The van der Waals surface area contributed by atoms with Crippen molar-refractivity contribution >= 4 is 52.6 Å². The Balaban J connectivity index is 0.00000320. The Kier molecular flexibility index (Phi) is 8.32. The highest BCUT2D eigenvalue weighted by atomic mass is 35.5. The van der Waals surface area contributed by atoms with Crippen molar-refractivity contribution in [2.24, 2.45) is 5.92 Å². The lowest BCUT2D eigenvalue weighted by Gasteiger charge is -2.46. The maximum absolute atomic E-state index is 10.7. The van der Waals surface area contributed by atoms with Gasteiger partial charge in [-0.2, -0.15) is 5.10 Å². The van der Waals surface area contributed by atoms with Crippen molar-refractivity contribution in [3.8, 4) is 0 Å². The molecule has 2 aromatic heterocycles. The molecule has 7 nitrogen and oxygen atoms in total. The molecule has 3 aromatic rings. The fourth-order valence-corrected chi connectivity index (χ4v) is 6.78. The standard InChI is InChI=1S/C27H36Cl2N6O.ClH/c1-16-15-33(12-10-22(16)34-11-6-7-23(34)27(4,5)36)24-14-30-25-17(2)32-35(26(25)31-24)18(3)20-9-8-19(28)13-21(20)29;/h8-9,13-14,16,18,22-23,36H,6-7,10-12,15H2,1-5H3;1H/t16-,18-,22?,23+;/m1./s1. The van der Waals surface area contributed by atoms with E-state index in [2.05, 4.69) is 23.6 Å². The van der Waals surface area contributed by atoms with Gasteiger partial charge in [0.2, 0.25) is 0 Å². The molecule has 0 spiro atoms. The number of likely N-dealkylation sites (tertiary alicyclic amines) is 1. The van der Waals surface area contributed by atoms with Gasteiger partial charge in [-0.25, -0.2) is 14.6 Å². The quantitative estimate of drug-likeness (QED) is 0.413. The van der Waals surface area contributed by atoms with E-state index < -0.39 is 5.60 Å². The van der Waals surface area contributed by atoms with Crippen LogP contribution in [-0.4, -0.2) is 67.1 Å². The van der Waals surface area contributed by atoms with Crippen molar-refractivity contribution in [1.29, 1.82) is 0 Å². The molecule has 5 rings (SSSR count). The van der Waals surface area contributed by atoms with Gasteiger partial charge in [0.25, 0.3) is 0 Å². The van der Waals surface area contributed by atoms with Gasteiger partial charge < -0.3 is 10.0 Å². The SMILES string of the molecule is Cc1nn([C@H](C)c2ccc(Cl)cc2Cl)c2nc(N3CCC(N4CCC[C@H]4C(C)(C)O)[C@H](C)C3)cnc12.Cl. The van der Waals surface area contributed by atoms with Gasteiger partial charge in [0, 0.05) is 35.2 Å². The first-order valence-electron chi connectivity index (χ1n) is 12.9. The summed E-state index contributed by atoms with van der Waals surface area (Å²) in [5.74, 6) is 1.33. The van der Waals surface area contributed by atoms with E-state index in [9.17, 15) is 5.11 Å². The van der Waals surface area contributed by atoms with Crippen LogP contribution in [0.2, 0.25) is 10.0 Å². The maximum atomic E-state index is 10.7. The number of hydrogen-bond donors (Lipinski definition) is 1. The summed E-state index contributed by atoms with van der Waals surface area (Å²) in [6, 6.07) is 6.14. The lowest BCUT2D eigenvalue weighted by molar-refractivity contribution is -0.0284. The number of aliphatic hydroxyl groups is 1. The van der Waals surface area contributed by atoms with Gasteiger partial charge in [0.15, 0.2) is 5.65 Å². The van der Waals surface area contributed by atoms with Crippen molar-refractivity contribution < 1.29 is 5.11 Å². The monoisotopic (exact) mass is 566 g/mol. The molecule has 10 heteroatoms. The van der Waals surface area contributed by atoms with E-state index >= 15 is 0 Å². The largest absolute Gasteiger partial charge is 0.389 e. The molecule has 1 unspecified atom stereocenters. The lowest BCUT2D eigenvalue weighted by Crippen LogP contribution is -2.56. The number of piperidine rings is 1. The first-order valence-corrected chi connectivity index (χ1v) is 13.7. The third-order valence-electron chi connectivity index (χ3n) is 8.06. The fourth-order valence-electron chi connectivity index (χ4n) is 6.21. The summed E-state index contributed by atoms with van der Waals surface area (Å²) in [4.78, 5) is 14.7. The Labute approximate surface area is 235 Å². The van der Waals surface area contributed by atoms with Crippen LogP contribution in [0.5, 0.6) is 0 Å². The summed E-state index contributed by atoms with van der Waals surface area (Å²) in [7, 11) is 0. The highest BCUT2D eigenvalue weighted by Gasteiger charge is 2.42. The molecule has 4 atom stereocenters. The molecule has 4 heterocycles. The smallest absolute Gasteiger partial charge is 0.179 e. The third-order valence-corrected chi connectivity index (χ3v) is 8.62. The molecular formula is C27H37Cl3N6O. The van der Waals surface area contributed by atoms with Crippen LogP contribution in [0.25, 0.3) is 11.2 Å². The van der Waals surface area contributed by atoms with E-state index in [4.69, 9.17) is 38.3 Å². The average Bonchev–Trinajstić information content (AvgIpc) is 3.43. The molecular weight excluding hydrogens is 531 g/mol. The minimum Gasteiger partial charge on any atom is -0.389 e. The second-order valence-electron chi connectivity index (χ2n) is 11.1. The van der Waals surface area contributed by atoms with E-state index in [-0.39, 0.29) is 24.5 Å². The number of nitrogens with zero attached hydrogens (tertiary/aromatic N) is 6. The lowest BCUT2D eigenvalue weighted by atomic mass is 9.89. The number of rotatable bonds is 5. The summed E-state index contributed by atoms with van der Waals surface area (Å²) in [5, 5.41) is 16.7. The molecule has 37 heavy (non-hydrogen) atoms. The van der Waals surface area contributed by atoms with Gasteiger partial charge in [0.05, 0.1) is 23.5 Å². The minimum absolute atomic E-state index is 0. The zero-order valence-electron chi connectivity index (χ0n) is 22.2. The van der Waals surface area contributed by atoms with E-state index in [1.54, 1.807) is 6.07 Å². The minimum atomic E-state index is -0.677. The summed E-state index contributed by atoms with van der Waals surface area (Å²) in [6.45, 7) is 13.1. The number of hydrogen-bond acceptors (Lipinski definition) is 6. The zero-order chi connectivity index (χ0) is 25.8. The first-order chi connectivity index (χ1) is 17.0. The Hall–Kier alpha value is -1.64. The number of benzene rings is 1. The van der Waals surface area contributed by atoms with Crippen LogP contribution in [-0.2, 0) is 0 Å². The molecule has 2 aliphatic rings. The van der Waals surface area contributed by atoms with Gasteiger partial charge in [-0.15, -0.1) is 12.4 Å². The van der Waals surface area contributed by atoms with Gasteiger partial charge in [-0.3, -0.25) is 4.90 Å². The molecule has 1 N–H and O–H groups in total. The molecule has 202 valence electrons. The summed E-state index contributed by atoms with van der Waals surface area (Å²) < 4.78 is 1.92. The van der Waals surface area contributed by atoms with Crippen molar-refractivity contribution in [1.82, 2.24) is 24.6 Å². The van der Waals surface area contributed by atoms with Gasteiger partial charge in [-0.05, 0) is 77.1 Å². The molecule has 1 aromatic carbocycles. The second-order valence-corrected chi connectivity index (χ2v) is 11.9. The molecule has 0 bridgehead atoms. The van der Waals surface area contributed by atoms with Crippen LogP contribution in [0.1, 0.15) is 64.3 Å². The van der Waals surface area contributed by atoms with Gasteiger partial charge >= 0.3 is 0 Å². The first kappa shape index (κ1) is 28.4. The molecule has 0 aliphatic carbocycles. The zero-order valence-corrected chi connectivity index (χ0v) is 24.5. The third kappa shape index (κ3) is 5.44. The van der Waals surface area contributed by atoms with E-state index in [1.807, 2.05) is 43.8 Å². The number of anilines is 1. The maximum Gasteiger partial charge on any atom is 0.179 e. The molecule has 0 saturated carbocycles. The predicted molar refractivity (Wildman–Crippen MR) is 153 cm³/mol. The van der Waals surface area contributed by atoms with Gasteiger partial charge in [-0.1, -0.05) is 36.2 Å². The molecule has 2 fully saturated rings. The molecule has 0 radical (unpaired) electrons. The topological polar surface area (TPSA) is 70.3 Å². The van der Waals surface area contributed by atoms with E-state index in [1.165, 1.54) is 0 Å². The Bertz CT molecular complexity index is 1260. The summed E-state index contributed by atoms with van der Waals surface area (Å²) in [6.07, 6.45) is 5.15. The van der Waals surface area contributed by atoms with E-state index in [0.717, 1.165) is 67.1 Å². The fraction of sp³-hybridized carbons (Fsp3) is 0.593. The Morgan fingerprint density at radius 2 is 1.92 bits per heavy atom. The van der Waals surface area contributed by atoms with Crippen LogP contribution in [0.4, 0.5) is 5.82 Å². The van der Waals surface area contributed by atoms with Crippen LogP contribution >= 0.6 is 35.6 Å². The van der Waals surface area contributed by atoms with Crippen molar-refractivity contribution in [2.75, 3.05) is 24.5 Å². The second kappa shape index (κ2) is 10.9. The highest BCUT2D eigenvalue weighted by molar-refractivity contribution is 6.35. The number of halogens is 3. The Morgan fingerprint density at radius 3 is 2.59 bits per heavy atom. The Morgan fingerprint density at radius 1 is 1.16 bits per heavy atom. The summed E-state index contributed by atoms with van der Waals surface area (Å²) in [5.41, 5.74) is 2.69. The highest BCUT2D eigenvalue weighted by Crippen LogP contribution is 2.35. The summed E-state index contributed by atoms with van der Waals surface area (Å²) >= 11 is 12.6. The van der Waals surface area contributed by atoms with Crippen molar-refractivity contribution in [3.05, 3.63) is 45.7 Å². The van der Waals surface area contributed by atoms with Crippen molar-refractivity contribution in [3.63, 3.8) is 0 Å². The van der Waals surface area contributed by atoms with Crippen molar-refractivity contribution in [2.45, 2.75) is 77.6 Å². The number of fused-ring (bicyclic) bond motifs is 1. The van der Waals surface area contributed by atoms with E-state index in [0.29, 0.717) is 22.0 Å². The predicted octanol–water partition coefficient (Wildman–Crippen LogP) is 5.92. The number of aryl methyl sites for hydroxylation is 1. The van der Waals surface area contributed by atoms with Crippen LogP contribution in [0.15, 0.2) is 24.4 Å². The normalized spacial score (nSPS) is 23.9. The molecule has 2 aliphatic heterocycles. The average molecular weight is 568 g/mol. The molecule has 2 saturated heterocycles. The number of aromatic nitrogens is 4. The van der Waals surface area contributed by atoms with Gasteiger partial charge in [0.1, 0.15) is 11.3 Å². The van der Waals surface area contributed by atoms with Crippen LogP contribution in [0, 0.1) is 12.8 Å². The molecule has 0 amide bonds.